The molecule has 3 fully saturated rings. The molecule has 0 N–H and O–H groups in total. The van der Waals surface area contributed by atoms with E-state index in [0.717, 1.165) is 25.8 Å². The lowest BCUT2D eigenvalue weighted by Gasteiger charge is -2.43. The lowest BCUT2D eigenvalue weighted by molar-refractivity contribution is -0.190. The Balaban J connectivity index is 1.64. The minimum absolute atomic E-state index is 0.0160. The molecule has 3 heterocycles. The zero-order chi connectivity index (χ0) is 18.1. The number of piperidine rings is 2. The molecule has 1 unspecified atom stereocenters. The van der Waals surface area contributed by atoms with Crippen LogP contribution in [0.1, 0.15) is 59.3 Å². The van der Waals surface area contributed by atoms with Gasteiger partial charge in [0.25, 0.3) is 0 Å². The van der Waals surface area contributed by atoms with E-state index in [2.05, 4.69) is 6.92 Å². The quantitative estimate of drug-likeness (QED) is 0.731. The van der Waals surface area contributed by atoms with Crippen molar-refractivity contribution in [2.24, 2.45) is 5.41 Å². The molecule has 0 radical (unpaired) electrons. The minimum Gasteiger partial charge on any atom is -0.347 e. The Labute approximate surface area is 150 Å². The van der Waals surface area contributed by atoms with Gasteiger partial charge in [-0.05, 0) is 39.5 Å². The summed E-state index contributed by atoms with van der Waals surface area (Å²) >= 11 is 0. The number of ether oxygens (including phenoxy) is 2. The summed E-state index contributed by atoms with van der Waals surface area (Å²) in [6, 6.07) is 0.276. The lowest BCUT2D eigenvalue weighted by atomic mass is 9.86. The number of likely N-dealkylation sites (tertiary alicyclic amines) is 2. The lowest BCUT2D eigenvalue weighted by Crippen LogP contribution is -2.57. The van der Waals surface area contributed by atoms with Crippen LogP contribution in [0.2, 0.25) is 0 Å². The second-order valence-corrected chi connectivity index (χ2v) is 8.08. The molecular formula is C19H32N2O4. The molecule has 6 nitrogen and oxygen atoms in total. The van der Waals surface area contributed by atoms with Gasteiger partial charge < -0.3 is 19.3 Å². The van der Waals surface area contributed by atoms with Gasteiger partial charge in [0.2, 0.25) is 11.8 Å². The van der Waals surface area contributed by atoms with Crippen molar-refractivity contribution in [3.05, 3.63) is 0 Å². The molecule has 0 aromatic rings. The van der Waals surface area contributed by atoms with Gasteiger partial charge in [-0.2, -0.15) is 0 Å². The van der Waals surface area contributed by atoms with Crippen LogP contribution < -0.4 is 0 Å². The summed E-state index contributed by atoms with van der Waals surface area (Å²) in [7, 11) is 0. The highest BCUT2D eigenvalue weighted by molar-refractivity contribution is 6.04. The van der Waals surface area contributed by atoms with Crippen molar-refractivity contribution in [2.45, 2.75) is 71.1 Å². The number of amides is 2. The van der Waals surface area contributed by atoms with E-state index >= 15 is 0 Å². The predicted octanol–water partition coefficient (Wildman–Crippen LogP) is 2.17. The third-order valence-electron chi connectivity index (χ3n) is 6.05. The topological polar surface area (TPSA) is 59.1 Å². The van der Waals surface area contributed by atoms with Crippen molar-refractivity contribution < 1.29 is 19.1 Å². The van der Waals surface area contributed by atoms with Gasteiger partial charge in [-0.15, -0.1) is 0 Å². The van der Waals surface area contributed by atoms with E-state index in [1.165, 1.54) is 6.42 Å². The molecule has 142 valence electrons. The van der Waals surface area contributed by atoms with Gasteiger partial charge in [-0.1, -0.05) is 6.92 Å². The summed E-state index contributed by atoms with van der Waals surface area (Å²) in [4.78, 5) is 30.0. The van der Waals surface area contributed by atoms with Gasteiger partial charge in [0.1, 0.15) is 5.41 Å². The number of carbonyl (C=O) groups is 2. The summed E-state index contributed by atoms with van der Waals surface area (Å²) in [5.41, 5.74) is -1.01. The molecule has 0 aromatic heterocycles. The standard InChI is InChI=1S/C19H32N2O4/c1-4-15-7-5-6-10-21(15)17(23)18(2,3)16(22)20-11-8-19(9-12-20)24-13-14-25-19/h15H,4-14H2,1-3H3. The highest BCUT2D eigenvalue weighted by Gasteiger charge is 2.47. The summed E-state index contributed by atoms with van der Waals surface area (Å²) in [5.74, 6) is -0.575. The zero-order valence-electron chi connectivity index (χ0n) is 15.9. The highest BCUT2D eigenvalue weighted by Crippen LogP contribution is 2.34. The third-order valence-corrected chi connectivity index (χ3v) is 6.05. The molecule has 0 aliphatic carbocycles. The summed E-state index contributed by atoms with van der Waals surface area (Å²) < 4.78 is 11.5. The third kappa shape index (κ3) is 3.56. The maximum absolute atomic E-state index is 13.2. The fraction of sp³-hybridized carbons (Fsp3) is 0.895. The Morgan fingerprint density at radius 2 is 1.68 bits per heavy atom. The molecule has 3 rings (SSSR count). The van der Waals surface area contributed by atoms with Gasteiger partial charge in [-0.3, -0.25) is 9.59 Å². The van der Waals surface area contributed by atoms with Gasteiger partial charge in [0, 0.05) is 38.5 Å². The number of hydrogen-bond acceptors (Lipinski definition) is 4. The second kappa shape index (κ2) is 7.23. The molecule has 25 heavy (non-hydrogen) atoms. The first-order valence-electron chi connectivity index (χ1n) is 9.78. The van der Waals surface area contributed by atoms with E-state index in [9.17, 15) is 9.59 Å². The van der Waals surface area contributed by atoms with Crippen LogP contribution >= 0.6 is 0 Å². The Morgan fingerprint density at radius 1 is 1.04 bits per heavy atom. The average Bonchev–Trinajstić information content (AvgIpc) is 3.09. The number of hydrogen-bond donors (Lipinski definition) is 0. The van der Waals surface area contributed by atoms with Crippen LogP contribution in [0.25, 0.3) is 0 Å². The molecule has 0 saturated carbocycles. The normalized spacial score (nSPS) is 26.9. The Hall–Kier alpha value is -1.14. The van der Waals surface area contributed by atoms with Crippen LogP contribution in [0.15, 0.2) is 0 Å². The maximum Gasteiger partial charge on any atom is 0.237 e. The van der Waals surface area contributed by atoms with Crippen LogP contribution in [0.5, 0.6) is 0 Å². The number of rotatable bonds is 3. The molecule has 1 spiro atoms. The summed E-state index contributed by atoms with van der Waals surface area (Å²) in [5, 5.41) is 0. The van der Waals surface area contributed by atoms with Gasteiger partial charge in [0.05, 0.1) is 13.2 Å². The molecule has 0 bridgehead atoms. The largest absolute Gasteiger partial charge is 0.347 e. The first kappa shape index (κ1) is 18.6. The Bertz CT molecular complexity index is 504. The monoisotopic (exact) mass is 352 g/mol. The smallest absolute Gasteiger partial charge is 0.237 e. The molecule has 2 amide bonds. The molecule has 1 atom stereocenters. The van der Waals surface area contributed by atoms with Crippen LogP contribution in [-0.2, 0) is 19.1 Å². The fourth-order valence-corrected chi connectivity index (χ4v) is 4.37. The van der Waals surface area contributed by atoms with E-state index in [1.807, 2.05) is 9.80 Å². The number of nitrogens with zero attached hydrogens (tertiary/aromatic N) is 2. The molecule has 0 aromatic carbocycles. The average molecular weight is 352 g/mol. The van der Waals surface area contributed by atoms with E-state index in [0.29, 0.717) is 39.1 Å². The SMILES string of the molecule is CCC1CCCCN1C(=O)C(C)(C)C(=O)N1CCC2(CC1)OCCO2. The van der Waals surface area contributed by atoms with E-state index in [4.69, 9.17) is 9.47 Å². The van der Waals surface area contributed by atoms with E-state index in [1.54, 1.807) is 13.8 Å². The van der Waals surface area contributed by atoms with Crippen LogP contribution in [0.4, 0.5) is 0 Å². The Kier molecular flexibility index (Phi) is 5.40. The molecule has 6 heteroatoms. The zero-order valence-corrected chi connectivity index (χ0v) is 15.9. The highest BCUT2D eigenvalue weighted by atomic mass is 16.7. The maximum atomic E-state index is 13.2. The minimum atomic E-state index is -1.01. The fourth-order valence-electron chi connectivity index (χ4n) is 4.37. The predicted molar refractivity (Wildman–Crippen MR) is 93.9 cm³/mol. The first-order chi connectivity index (χ1) is 11.9. The molecule has 3 saturated heterocycles. The molecule has 3 aliphatic rings. The van der Waals surface area contributed by atoms with Gasteiger partial charge >= 0.3 is 0 Å². The van der Waals surface area contributed by atoms with Crippen LogP contribution in [-0.4, -0.2) is 66.3 Å². The first-order valence-corrected chi connectivity index (χ1v) is 9.78. The summed E-state index contributed by atoms with van der Waals surface area (Å²) in [6.07, 6.45) is 5.58. The van der Waals surface area contributed by atoms with Crippen molar-refractivity contribution in [3.63, 3.8) is 0 Å². The van der Waals surface area contributed by atoms with Crippen molar-refractivity contribution in [1.82, 2.24) is 9.80 Å². The summed E-state index contributed by atoms with van der Waals surface area (Å²) in [6.45, 7) is 8.91. The second-order valence-electron chi connectivity index (χ2n) is 8.08. The van der Waals surface area contributed by atoms with Crippen molar-refractivity contribution in [2.75, 3.05) is 32.8 Å². The van der Waals surface area contributed by atoms with E-state index < -0.39 is 11.2 Å². The molecular weight excluding hydrogens is 320 g/mol. The molecule has 3 aliphatic heterocycles. The van der Waals surface area contributed by atoms with Gasteiger partial charge in [0.15, 0.2) is 5.79 Å². The van der Waals surface area contributed by atoms with Crippen molar-refractivity contribution >= 4 is 11.8 Å². The number of carbonyl (C=O) groups excluding carboxylic acids is 2. The van der Waals surface area contributed by atoms with Gasteiger partial charge in [-0.25, -0.2) is 0 Å². The van der Waals surface area contributed by atoms with Crippen LogP contribution in [0, 0.1) is 5.41 Å². The van der Waals surface area contributed by atoms with Crippen molar-refractivity contribution in [3.8, 4) is 0 Å². The van der Waals surface area contributed by atoms with Crippen molar-refractivity contribution in [1.29, 1.82) is 0 Å². The van der Waals surface area contributed by atoms with E-state index in [-0.39, 0.29) is 17.9 Å². The Morgan fingerprint density at radius 3 is 2.28 bits per heavy atom. The van der Waals surface area contributed by atoms with Crippen LogP contribution in [0.3, 0.4) is 0 Å².